The number of likely N-dealkylation sites (tertiary alicyclic amines) is 1. The number of primary amides is 1. The Labute approximate surface area is 206 Å². The second-order valence-electron chi connectivity index (χ2n) is 10.5. The lowest BCUT2D eigenvalue weighted by Gasteiger charge is -2.41. The molecule has 0 unspecified atom stereocenters. The van der Waals surface area contributed by atoms with Crippen LogP contribution in [0.15, 0.2) is 29.2 Å². The molecule has 1 fully saturated rings. The minimum absolute atomic E-state index is 0.182. The number of nitrogens with one attached hydrogen (secondary N) is 1. The van der Waals surface area contributed by atoms with Crippen molar-refractivity contribution < 1.29 is 4.79 Å². The van der Waals surface area contributed by atoms with Crippen molar-refractivity contribution >= 4 is 28.4 Å². The molecular weight excluding hydrogens is 448 g/mol. The lowest BCUT2D eigenvalue weighted by Crippen LogP contribution is -2.55. The fourth-order valence-electron chi connectivity index (χ4n) is 5.26. The standard InChI is InChI=1S/C27H35ClN4O2/c1-15(2)22-19-13-18(17-9-11-32(12-10-17)27(4,5)26(29)34)7-8-21(19)30-24(22)20-14-31(6)25(33)23(28)16(20)3/h7-8,13-15,17,30H,9-12H2,1-6H3,(H2,29,34). The molecule has 1 amide bonds. The molecule has 1 aromatic carbocycles. The number of amides is 1. The summed E-state index contributed by atoms with van der Waals surface area (Å²) in [5.41, 5.74) is 11.2. The zero-order valence-electron chi connectivity index (χ0n) is 21.0. The molecule has 7 heteroatoms. The third-order valence-corrected chi connectivity index (χ3v) is 8.08. The van der Waals surface area contributed by atoms with Gasteiger partial charge in [0.1, 0.15) is 5.02 Å². The normalized spacial score (nSPS) is 16.0. The van der Waals surface area contributed by atoms with E-state index in [1.165, 1.54) is 16.5 Å². The second-order valence-corrected chi connectivity index (χ2v) is 10.8. The molecule has 3 aromatic rings. The van der Waals surface area contributed by atoms with Crippen LogP contribution in [0.2, 0.25) is 5.02 Å². The number of piperidine rings is 1. The van der Waals surface area contributed by atoms with Gasteiger partial charge in [0.15, 0.2) is 0 Å². The zero-order chi connectivity index (χ0) is 24.9. The SMILES string of the molecule is Cc1c(-c2[nH]c3ccc(C4CCN(C(C)(C)C(N)=O)CC4)cc3c2C(C)C)cn(C)c(=O)c1Cl. The summed E-state index contributed by atoms with van der Waals surface area (Å²) in [6.07, 6.45) is 3.86. The summed E-state index contributed by atoms with van der Waals surface area (Å²) in [6.45, 7) is 11.8. The molecule has 0 atom stereocenters. The predicted octanol–water partition coefficient (Wildman–Crippen LogP) is 5.06. The number of aromatic nitrogens is 2. The molecule has 1 aliphatic rings. The number of hydrogen-bond donors (Lipinski definition) is 2. The molecule has 0 aliphatic carbocycles. The Balaban J connectivity index is 1.73. The molecule has 0 radical (unpaired) electrons. The van der Waals surface area contributed by atoms with Crippen molar-refractivity contribution in [2.75, 3.05) is 13.1 Å². The number of hydrogen-bond acceptors (Lipinski definition) is 3. The van der Waals surface area contributed by atoms with E-state index in [2.05, 4.69) is 41.9 Å². The first-order chi connectivity index (χ1) is 15.9. The number of carbonyl (C=O) groups is 1. The summed E-state index contributed by atoms with van der Waals surface area (Å²) in [7, 11) is 1.73. The Morgan fingerprint density at radius 3 is 2.47 bits per heavy atom. The molecule has 0 saturated carbocycles. The van der Waals surface area contributed by atoms with Gasteiger partial charge in [-0.1, -0.05) is 31.5 Å². The van der Waals surface area contributed by atoms with E-state index in [1.807, 2.05) is 27.0 Å². The molecule has 4 rings (SSSR count). The van der Waals surface area contributed by atoms with E-state index in [9.17, 15) is 9.59 Å². The number of nitrogens with two attached hydrogens (primary N) is 1. The summed E-state index contributed by atoms with van der Waals surface area (Å²) in [4.78, 5) is 30.0. The maximum Gasteiger partial charge on any atom is 0.269 e. The molecule has 3 N–H and O–H groups in total. The molecule has 2 aromatic heterocycles. The van der Waals surface area contributed by atoms with Crippen molar-refractivity contribution in [3.05, 3.63) is 56.5 Å². The van der Waals surface area contributed by atoms with E-state index < -0.39 is 5.54 Å². The van der Waals surface area contributed by atoms with Gasteiger partial charge < -0.3 is 15.3 Å². The van der Waals surface area contributed by atoms with E-state index in [0.29, 0.717) is 5.92 Å². The minimum Gasteiger partial charge on any atom is -0.368 e. The van der Waals surface area contributed by atoms with Crippen LogP contribution in [0.3, 0.4) is 0 Å². The Morgan fingerprint density at radius 2 is 1.88 bits per heavy atom. The maximum atomic E-state index is 12.3. The van der Waals surface area contributed by atoms with Crippen LogP contribution in [0, 0.1) is 6.92 Å². The fraction of sp³-hybridized carbons (Fsp3) is 0.481. The van der Waals surface area contributed by atoms with E-state index in [4.69, 9.17) is 17.3 Å². The lowest BCUT2D eigenvalue weighted by molar-refractivity contribution is -0.129. The van der Waals surface area contributed by atoms with E-state index in [-0.39, 0.29) is 22.4 Å². The van der Waals surface area contributed by atoms with Gasteiger partial charge in [-0.2, -0.15) is 0 Å². The number of fused-ring (bicyclic) bond motifs is 1. The third kappa shape index (κ3) is 4.07. The predicted molar refractivity (Wildman–Crippen MR) is 140 cm³/mol. The first-order valence-electron chi connectivity index (χ1n) is 12.0. The molecule has 3 heterocycles. The number of H-pyrrole nitrogens is 1. The summed E-state index contributed by atoms with van der Waals surface area (Å²) in [6, 6.07) is 6.70. The van der Waals surface area contributed by atoms with Crippen LogP contribution in [0.5, 0.6) is 0 Å². The Bertz CT molecular complexity index is 1310. The maximum absolute atomic E-state index is 12.3. The molecule has 1 aliphatic heterocycles. The number of nitrogens with zero attached hydrogens (tertiary/aromatic N) is 2. The van der Waals surface area contributed by atoms with Crippen LogP contribution < -0.4 is 11.3 Å². The average molecular weight is 483 g/mol. The van der Waals surface area contributed by atoms with E-state index >= 15 is 0 Å². The summed E-state index contributed by atoms with van der Waals surface area (Å²) in [5, 5.41) is 1.48. The van der Waals surface area contributed by atoms with Gasteiger partial charge in [0.05, 0.1) is 11.2 Å². The Morgan fingerprint density at radius 1 is 1.24 bits per heavy atom. The monoisotopic (exact) mass is 482 g/mol. The summed E-state index contributed by atoms with van der Waals surface area (Å²) in [5.74, 6) is 0.451. The van der Waals surface area contributed by atoms with Crippen molar-refractivity contribution in [1.29, 1.82) is 0 Å². The highest BCUT2D eigenvalue weighted by Gasteiger charge is 2.35. The minimum atomic E-state index is -0.621. The smallest absolute Gasteiger partial charge is 0.269 e. The molecule has 0 bridgehead atoms. The van der Waals surface area contributed by atoms with Crippen molar-refractivity contribution in [2.24, 2.45) is 12.8 Å². The molecule has 1 saturated heterocycles. The summed E-state index contributed by atoms with van der Waals surface area (Å²) < 4.78 is 1.55. The van der Waals surface area contributed by atoms with Gasteiger partial charge in [-0.05, 0) is 87.4 Å². The number of rotatable bonds is 5. The van der Waals surface area contributed by atoms with Crippen molar-refractivity contribution in [3.8, 4) is 11.3 Å². The summed E-state index contributed by atoms with van der Waals surface area (Å²) >= 11 is 6.38. The van der Waals surface area contributed by atoms with Gasteiger partial charge in [0.2, 0.25) is 5.91 Å². The lowest BCUT2D eigenvalue weighted by atomic mass is 9.85. The van der Waals surface area contributed by atoms with Gasteiger partial charge in [-0.25, -0.2) is 0 Å². The second kappa shape index (κ2) is 8.90. The quantitative estimate of drug-likeness (QED) is 0.533. The van der Waals surface area contributed by atoms with Crippen molar-refractivity contribution in [3.63, 3.8) is 0 Å². The Kier molecular flexibility index (Phi) is 6.42. The first-order valence-corrected chi connectivity index (χ1v) is 12.4. The Hall–Kier alpha value is -2.57. The van der Waals surface area contributed by atoms with Crippen LogP contribution in [0.4, 0.5) is 0 Å². The van der Waals surface area contributed by atoms with Crippen LogP contribution in [-0.2, 0) is 11.8 Å². The molecule has 34 heavy (non-hydrogen) atoms. The van der Waals surface area contributed by atoms with E-state index in [0.717, 1.165) is 48.3 Å². The molecule has 0 spiro atoms. The third-order valence-electron chi connectivity index (χ3n) is 7.63. The average Bonchev–Trinajstić information content (AvgIpc) is 3.18. The van der Waals surface area contributed by atoms with Crippen LogP contribution >= 0.6 is 11.6 Å². The van der Waals surface area contributed by atoms with Crippen molar-refractivity contribution in [1.82, 2.24) is 14.5 Å². The van der Waals surface area contributed by atoms with Crippen LogP contribution in [0.1, 0.15) is 69.1 Å². The molecule has 6 nitrogen and oxygen atoms in total. The zero-order valence-corrected chi connectivity index (χ0v) is 21.7. The van der Waals surface area contributed by atoms with Gasteiger partial charge in [-0.3, -0.25) is 14.5 Å². The number of aryl methyl sites for hydroxylation is 1. The highest BCUT2D eigenvalue weighted by molar-refractivity contribution is 6.31. The fourth-order valence-corrected chi connectivity index (χ4v) is 5.49. The highest BCUT2D eigenvalue weighted by Crippen LogP contribution is 2.40. The van der Waals surface area contributed by atoms with Gasteiger partial charge in [-0.15, -0.1) is 0 Å². The largest absolute Gasteiger partial charge is 0.368 e. The number of pyridine rings is 1. The van der Waals surface area contributed by atoms with Gasteiger partial charge in [0.25, 0.3) is 5.56 Å². The number of halogens is 1. The topological polar surface area (TPSA) is 84.1 Å². The van der Waals surface area contributed by atoms with Crippen LogP contribution in [-0.4, -0.2) is 39.0 Å². The number of benzene rings is 1. The molecular formula is C27H35ClN4O2. The molecule has 182 valence electrons. The van der Waals surface area contributed by atoms with Gasteiger partial charge >= 0.3 is 0 Å². The van der Waals surface area contributed by atoms with Crippen molar-refractivity contribution in [2.45, 2.75) is 64.8 Å². The van der Waals surface area contributed by atoms with Gasteiger partial charge in [0, 0.05) is 29.7 Å². The number of carbonyl (C=O) groups excluding carboxylic acids is 1. The highest BCUT2D eigenvalue weighted by atomic mass is 35.5. The van der Waals surface area contributed by atoms with E-state index in [1.54, 1.807) is 11.6 Å². The number of aromatic amines is 1. The first kappa shape index (κ1) is 24.6. The van der Waals surface area contributed by atoms with Crippen LogP contribution in [0.25, 0.3) is 22.2 Å².